The quantitative estimate of drug-likeness (QED) is 0.722. The van der Waals surface area contributed by atoms with Gasteiger partial charge in [-0.1, -0.05) is 24.3 Å². The fourth-order valence-electron chi connectivity index (χ4n) is 2.57. The molecular formula is C16H22N2O2S. The molecule has 1 aromatic carbocycles. The first-order valence-electron chi connectivity index (χ1n) is 7.32. The zero-order valence-corrected chi connectivity index (χ0v) is 13.2. The van der Waals surface area contributed by atoms with E-state index >= 15 is 0 Å². The van der Waals surface area contributed by atoms with Crippen LogP contribution >= 0.6 is 12.6 Å². The number of amides is 2. The highest BCUT2D eigenvalue weighted by atomic mass is 32.1. The summed E-state index contributed by atoms with van der Waals surface area (Å²) < 4.78 is 0. The molecule has 0 aliphatic carbocycles. The second-order valence-corrected chi connectivity index (χ2v) is 5.92. The predicted molar refractivity (Wildman–Crippen MR) is 86.4 cm³/mol. The van der Waals surface area contributed by atoms with Gasteiger partial charge in [0.1, 0.15) is 0 Å². The van der Waals surface area contributed by atoms with Crippen molar-refractivity contribution in [3.8, 4) is 0 Å². The van der Waals surface area contributed by atoms with Gasteiger partial charge in [0.25, 0.3) is 0 Å². The van der Waals surface area contributed by atoms with Crippen LogP contribution in [-0.4, -0.2) is 30.2 Å². The van der Waals surface area contributed by atoms with Crippen molar-refractivity contribution < 1.29 is 9.59 Å². The molecule has 5 heteroatoms. The highest BCUT2D eigenvalue weighted by Gasteiger charge is 2.24. The lowest BCUT2D eigenvalue weighted by molar-refractivity contribution is -0.126. The van der Waals surface area contributed by atoms with Gasteiger partial charge < -0.3 is 10.6 Å². The fourth-order valence-corrected chi connectivity index (χ4v) is 2.87. The molecule has 1 aliphatic rings. The summed E-state index contributed by atoms with van der Waals surface area (Å²) in [4.78, 5) is 23.7. The average molecular weight is 306 g/mol. The molecule has 1 aromatic rings. The van der Waals surface area contributed by atoms with E-state index in [1.165, 1.54) is 11.1 Å². The SMILES string of the molecule is Cc1ccccc1C[C@H](CS)C(=O)N[C@H]1CCNC(=O)C1. The largest absolute Gasteiger partial charge is 0.356 e. The summed E-state index contributed by atoms with van der Waals surface area (Å²) in [5.41, 5.74) is 2.36. The molecule has 1 fully saturated rings. The van der Waals surface area contributed by atoms with Crippen LogP contribution in [0.25, 0.3) is 0 Å². The Morgan fingerprint density at radius 1 is 1.48 bits per heavy atom. The van der Waals surface area contributed by atoms with Crippen LogP contribution < -0.4 is 10.6 Å². The number of thiol groups is 1. The van der Waals surface area contributed by atoms with Crippen molar-refractivity contribution >= 4 is 24.4 Å². The second kappa shape index (κ2) is 7.50. The molecule has 4 nitrogen and oxygen atoms in total. The van der Waals surface area contributed by atoms with E-state index in [0.717, 1.165) is 6.42 Å². The van der Waals surface area contributed by atoms with Crippen LogP contribution in [0, 0.1) is 12.8 Å². The van der Waals surface area contributed by atoms with Crippen molar-refractivity contribution in [1.82, 2.24) is 10.6 Å². The van der Waals surface area contributed by atoms with Gasteiger partial charge in [0, 0.05) is 24.8 Å². The number of benzene rings is 1. The molecule has 0 saturated carbocycles. The number of piperidine rings is 1. The molecule has 0 bridgehead atoms. The summed E-state index contributed by atoms with van der Waals surface area (Å²) in [5, 5.41) is 5.76. The summed E-state index contributed by atoms with van der Waals surface area (Å²) in [5.74, 6) is 0.333. The molecule has 1 heterocycles. The zero-order valence-electron chi connectivity index (χ0n) is 12.3. The van der Waals surface area contributed by atoms with Gasteiger partial charge in [-0.3, -0.25) is 9.59 Å². The van der Waals surface area contributed by atoms with Crippen LogP contribution in [0.1, 0.15) is 24.0 Å². The highest BCUT2D eigenvalue weighted by molar-refractivity contribution is 7.80. The van der Waals surface area contributed by atoms with Gasteiger partial charge >= 0.3 is 0 Å². The summed E-state index contributed by atoms with van der Waals surface area (Å²) in [6.07, 6.45) is 1.84. The van der Waals surface area contributed by atoms with Gasteiger partial charge in [-0.25, -0.2) is 0 Å². The molecule has 21 heavy (non-hydrogen) atoms. The Balaban J connectivity index is 1.95. The monoisotopic (exact) mass is 306 g/mol. The minimum atomic E-state index is -0.167. The van der Waals surface area contributed by atoms with Crippen molar-refractivity contribution in [1.29, 1.82) is 0 Å². The van der Waals surface area contributed by atoms with E-state index in [-0.39, 0.29) is 23.8 Å². The molecule has 114 valence electrons. The molecular weight excluding hydrogens is 284 g/mol. The van der Waals surface area contributed by atoms with Gasteiger partial charge in [0.15, 0.2) is 0 Å². The number of carbonyl (C=O) groups is 2. The van der Waals surface area contributed by atoms with Gasteiger partial charge in [-0.15, -0.1) is 0 Å². The zero-order chi connectivity index (χ0) is 15.2. The van der Waals surface area contributed by atoms with E-state index < -0.39 is 0 Å². The summed E-state index contributed by atoms with van der Waals surface area (Å²) in [7, 11) is 0. The lowest BCUT2D eigenvalue weighted by Crippen LogP contribution is -2.47. The second-order valence-electron chi connectivity index (χ2n) is 5.56. The van der Waals surface area contributed by atoms with Crippen molar-refractivity contribution in [2.24, 2.45) is 5.92 Å². The first-order chi connectivity index (χ1) is 10.1. The third-order valence-electron chi connectivity index (χ3n) is 3.91. The van der Waals surface area contributed by atoms with Crippen LogP contribution in [0.5, 0.6) is 0 Å². The smallest absolute Gasteiger partial charge is 0.224 e. The number of rotatable bonds is 5. The fraction of sp³-hybridized carbons (Fsp3) is 0.500. The van der Waals surface area contributed by atoms with Gasteiger partial charge in [0.2, 0.25) is 11.8 Å². The minimum absolute atomic E-state index is 0.00652. The van der Waals surface area contributed by atoms with Crippen LogP contribution in [0.4, 0.5) is 0 Å². The summed E-state index contributed by atoms with van der Waals surface area (Å²) in [6.45, 7) is 2.68. The number of aryl methyl sites for hydroxylation is 1. The molecule has 0 spiro atoms. The molecule has 1 saturated heterocycles. The number of hydrogen-bond acceptors (Lipinski definition) is 3. The molecule has 2 amide bonds. The first kappa shape index (κ1) is 15.9. The molecule has 2 rings (SSSR count). The Labute approximate surface area is 131 Å². The van der Waals surface area contributed by atoms with Crippen molar-refractivity contribution in [3.05, 3.63) is 35.4 Å². The van der Waals surface area contributed by atoms with Crippen molar-refractivity contribution in [2.45, 2.75) is 32.2 Å². The highest BCUT2D eigenvalue weighted by Crippen LogP contribution is 2.15. The average Bonchev–Trinajstić information content (AvgIpc) is 2.46. The van der Waals surface area contributed by atoms with Crippen LogP contribution in [-0.2, 0) is 16.0 Å². The van der Waals surface area contributed by atoms with E-state index in [1.807, 2.05) is 31.2 Å². The molecule has 2 atom stereocenters. The van der Waals surface area contributed by atoms with E-state index in [4.69, 9.17) is 0 Å². The number of carbonyl (C=O) groups excluding carboxylic acids is 2. The van der Waals surface area contributed by atoms with E-state index in [0.29, 0.717) is 25.1 Å². The minimum Gasteiger partial charge on any atom is -0.356 e. The number of nitrogens with one attached hydrogen (secondary N) is 2. The van der Waals surface area contributed by atoms with Gasteiger partial charge in [0.05, 0.1) is 5.92 Å². The third-order valence-corrected chi connectivity index (χ3v) is 4.35. The standard InChI is InChI=1S/C16H22N2O2S/c1-11-4-2-3-5-12(11)8-13(10-21)16(20)18-14-6-7-17-15(19)9-14/h2-5,13-14,21H,6-10H2,1H3,(H,17,19)(H,18,20)/t13-,14+/m1/s1. The predicted octanol–water partition coefficient (Wildman–Crippen LogP) is 1.48. The van der Waals surface area contributed by atoms with E-state index in [1.54, 1.807) is 0 Å². The third kappa shape index (κ3) is 4.49. The van der Waals surface area contributed by atoms with E-state index in [2.05, 4.69) is 23.3 Å². The van der Waals surface area contributed by atoms with E-state index in [9.17, 15) is 9.59 Å². The van der Waals surface area contributed by atoms with Gasteiger partial charge in [-0.05, 0) is 30.9 Å². The van der Waals surface area contributed by atoms with Crippen molar-refractivity contribution in [3.63, 3.8) is 0 Å². The molecule has 0 radical (unpaired) electrons. The molecule has 1 aliphatic heterocycles. The van der Waals surface area contributed by atoms with Crippen molar-refractivity contribution in [2.75, 3.05) is 12.3 Å². The lowest BCUT2D eigenvalue weighted by atomic mass is 9.96. The van der Waals surface area contributed by atoms with Gasteiger partial charge in [-0.2, -0.15) is 12.6 Å². The summed E-state index contributed by atoms with van der Waals surface area (Å²) >= 11 is 4.31. The summed E-state index contributed by atoms with van der Waals surface area (Å²) in [6, 6.07) is 8.03. The maximum atomic E-state index is 12.4. The normalized spacial score (nSPS) is 19.7. The maximum absolute atomic E-state index is 12.4. The maximum Gasteiger partial charge on any atom is 0.224 e. The molecule has 0 unspecified atom stereocenters. The molecule has 2 N–H and O–H groups in total. The molecule has 0 aromatic heterocycles. The van der Waals surface area contributed by atoms with Crippen LogP contribution in [0.2, 0.25) is 0 Å². The number of hydrogen-bond donors (Lipinski definition) is 3. The lowest BCUT2D eigenvalue weighted by Gasteiger charge is -2.25. The van der Waals surface area contributed by atoms with Crippen LogP contribution in [0.15, 0.2) is 24.3 Å². The van der Waals surface area contributed by atoms with Crippen LogP contribution in [0.3, 0.4) is 0 Å². The Morgan fingerprint density at radius 3 is 2.90 bits per heavy atom. The first-order valence-corrected chi connectivity index (χ1v) is 7.96. The topological polar surface area (TPSA) is 58.2 Å². The Hall–Kier alpha value is -1.49. The Bertz CT molecular complexity index is 519. The Kier molecular flexibility index (Phi) is 5.67. The Morgan fingerprint density at radius 2 is 2.24 bits per heavy atom.